The number of hydrogen-bond acceptors (Lipinski definition) is 7. The molecule has 0 unspecified atom stereocenters. The van der Waals surface area contributed by atoms with Crippen molar-refractivity contribution in [3.8, 4) is 17.2 Å². The van der Waals surface area contributed by atoms with E-state index >= 15 is 0 Å². The molecule has 0 heterocycles. The largest absolute Gasteiger partial charge is 0.504 e. The number of nitrogens with one attached hydrogen (secondary N) is 3. The maximum absolute atomic E-state index is 12.3. The number of hydrogen-bond donors (Lipinski definition) is 6. The summed E-state index contributed by atoms with van der Waals surface area (Å²) in [4.78, 5) is 35.9. The van der Waals surface area contributed by atoms with Crippen molar-refractivity contribution in [2.45, 2.75) is 26.4 Å². The van der Waals surface area contributed by atoms with Crippen LogP contribution in [0.15, 0.2) is 36.4 Å². The lowest BCUT2D eigenvalue weighted by molar-refractivity contribution is -0.115. The summed E-state index contributed by atoms with van der Waals surface area (Å²) in [7, 11) is 0. The van der Waals surface area contributed by atoms with Gasteiger partial charge < -0.3 is 36.0 Å². The van der Waals surface area contributed by atoms with E-state index in [1.54, 1.807) is 39.0 Å². The molecular formula is C20H23N3O7. The molecule has 0 aliphatic heterocycles. The van der Waals surface area contributed by atoms with Crippen LogP contribution in [-0.2, 0) is 9.53 Å². The van der Waals surface area contributed by atoms with Crippen molar-refractivity contribution in [1.29, 1.82) is 0 Å². The fraction of sp³-hybridized carbons (Fsp3) is 0.250. The Balaban J connectivity index is 1.97. The summed E-state index contributed by atoms with van der Waals surface area (Å²) in [6, 6.07) is 8.20. The molecule has 0 atom stereocenters. The number of phenolic OH excluding ortho intramolecular Hbond substituents is 3. The highest BCUT2D eigenvalue weighted by Gasteiger charge is 2.17. The summed E-state index contributed by atoms with van der Waals surface area (Å²) in [5, 5.41) is 35.8. The average molecular weight is 417 g/mol. The Bertz CT molecular complexity index is 944. The molecule has 10 nitrogen and oxygen atoms in total. The number of benzene rings is 2. The van der Waals surface area contributed by atoms with E-state index in [4.69, 9.17) is 4.74 Å². The van der Waals surface area contributed by atoms with Gasteiger partial charge in [-0.05, 0) is 51.1 Å². The Morgan fingerprint density at radius 1 is 0.933 bits per heavy atom. The Kier molecular flexibility index (Phi) is 6.73. The van der Waals surface area contributed by atoms with E-state index in [0.717, 1.165) is 12.1 Å². The van der Waals surface area contributed by atoms with Gasteiger partial charge in [-0.1, -0.05) is 6.07 Å². The lowest BCUT2D eigenvalue weighted by atomic mass is 10.1. The molecule has 2 aromatic rings. The van der Waals surface area contributed by atoms with E-state index in [-0.39, 0.29) is 12.1 Å². The lowest BCUT2D eigenvalue weighted by Crippen LogP contribution is -2.37. The van der Waals surface area contributed by atoms with Crippen LogP contribution in [0.2, 0.25) is 0 Å². The fourth-order valence-corrected chi connectivity index (χ4v) is 2.29. The summed E-state index contributed by atoms with van der Waals surface area (Å²) in [6.07, 6.45) is -0.723. The van der Waals surface area contributed by atoms with Crippen molar-refractivity contribution < 1.29 is 34.4 Å². The molecule has 0 fully saturated rings. The van der Waals surface area contributed by atoms with Gasteiger partial charge in [0.1, 0.15) is 12.1 Å². The number of anilines is 2. The average Bonchev–Trinajstić information content (AvgIpc) is 2.63. The van der Waals surface area contributed by atoms with E-state index in [0.29, 0.717) is 11.4 Å². The van der Waals surface area contributed by atoms with Crippen LogP contribution in [0.25, 0.3) is 0 Å². The van der Waals surface area contributed by atoms with Crippen LogP contribution in [0.5, 0.6) is 17.2 Å². The number of carbonyl (C=O) groups is 3. The van der Waals surface area contributed by atoms with Gasteiger partial charge in [0.25, 0.3) is 5.91 Å². The van der Waals surface area contributed by atoms with E-state index < -0.39 is 40.8 Å². The third-order valence-corrected chi connectivity index (χ3v) is 3.53. The van der Waals surface area contributed by atoms with Crippen LogP contribution in [0, 0.1) is 0 Å². The molecule has 0 aliphatic carbocycles. The van der Waals surface area contributed by atoms with Crippen LogP contribution < -0.4 is 16.0 Å². The van der Waals surface area contributed by atoms with Crippen molar-refractivity contribution in [2.24, 2.45) is 0 Å². The van der Waals surface area contributed by atoms with Gasteiger partial charge in [-0.15, -0.1) is 0 Å². The predicted molar refractivity (Wildman–Crippen MR) is 109 cm³/mol. The van der Waals surface area contributed by atoms with Crippen molar-refractivity contribution in [3.63, 3.8) is 0 Å². The first-order valence-corrected chi connectivity index (χ1v) is 8.87. The SMILES string of the molecule is CC(C)(C)OC(=O)NCC(=O)Nc1cccc(NC(=O)c2cc(O)c(O)c(O)c2)c1. The molecular weight excluding hydrogens is 394 g/mol. The zero-order valence-corrected chi connectivity index (χ0v) is 16.6. The highest BCUT2D eigenvalue weighted by molar-refractivity contribution is 6.05. The van der Waals surface area contributed by atoms with Crippen LogP contribution in [-0.4, -0.2) is 45.4 Å². The second-order valence-corrected chi connectivity index (χ2v) is 7.30. The molecule has 0 bridgehead atoms. The Morgan fingerprint density at radius 3 is 2.07 bits per heavy atom. The fourth-order valence-electron chi connectivity index (χ4n) is 2.29. The Labute approximate surface area is 172 Å². The maximum atomic E-state index is 12.3. The molecule has 10 heteroatoms. The first-order valence-electron chi connectivity index (χ1n) is 8.87. The number of phenols is 3. The highest BCUT2D eigenvalue weighted by Crippen LogP contribution is 2.35. The minimum atomic E-state index is -0.726. The van der Waals surface area contributed by atoms with Gasteiger partial charge in [-0.3, -0.25) is 9.59 Å². The molecule has 3 amide bonds. The predicted octanol–water partition coefficient (Wildman–Crippen LogP) is 2.52. The molecule has 0 saturated heterocycles. The number of rotatable bonds is 5. The minimum Gasteiger partial charge on any atom is -0.504 e. The summed E-state index contributed by atoms with van der Waals surface area (Å²) < 4.78 is 5.04. The molecule has 6 N–H and O–H groups in total. The van der Waals surface area contributed by atoms with Gasteiger partial charge in [0, 0.05) is 16.9 Å². The quantitative estimate of drug-likeness (QED) is 0.408. The lowest BCUT2D eigenvalue weighted by Gasteiger charge is -2.19. The van der Waals surface area contributed by atoms with Gasteiger partial charge in [0.15, 0.2) is 17.2 Å². The normalized spacial score (nSPS) is 10.8. The maximum Gasteiger partial charge on any atom is 0.408 e. The topological polar surface area (TPSA) is 157 Å². The van der Waals surface area contributed by atoms with Gasteiger partial charge in [0.05, 0.1) is 0 Å². The molecule has 0 radical (unpaired) electrons. The molecule has 0 aromatic heterocycles. The van der Waals surface area contributed by atoms with Gasteiger partial charge >= 0.3 is 6.09 Å². The molecule has 2 rings (SSSR count). The smallest absolute Gasteiger partial charge is 0.408 e. The molecule has 0 aliphatic rings. The van der Waals surface area contributed by atoms with E-state index in [1.807, 2.05) is 0 Å². The third-order valence-electron chi connectivity index (χ3n) is 3.53. The summed E-state index contributed by atoms with van der Waals surface area (Å²) >= 11 is 0. The van der Waals surface area contributed by atoms with Crippen LogP contribution in [0.4, 0.5) is 16.2 Å². The summed E-state index contributed by atoms with van der Waals surface area (Å²) in [5.74, 6) is -3.16. The number of aromatic hydroxyl groups is 3. The zero-order valence-electron chi connectivity index (χ0n) is 16.6. The Morgan fingerprint density at radius 2 is 1.50 bits per heavy atom. The van der Waals surface area contributed by atoms with Crippen molar-refractivity contribution in [3.05, 3.63) is 42.0 Å². The number of carbonyl (C=O) groups excluding carboxylic acids is 3. The van der Waals surface area contributed by atoms with E-state index in [2.05, 4.69) is 16.0 Å². The number of ether oxygens (including phenoxy) is 1. The monoisotopic (exact) mass is 417 g/mol. The number of alkyl carbamates (subject to hydrolysis) is 1. The molecule has 30 heavy (non-hydrogen) atoms. The summed E-state index contributed by atoms with van der Waals surface area (Å²) in [6.45, 7) is 4.80. The second kappa shape index (κ2) is 9.03. The van der Waals surface area contributed by atoms with Gasteiger partial charge in [-0.2, -0.15) is 0 Å². The minimum absolute atomic E-state index is 0.0844. The van der Waals surface area contributed by atoms with Crippen LogP contribution in [0.3, 0.4) is 0 Å². The third kappa shape index (κ3) is 6.59. The van der Waals surface area contributed by atoms with E-state index in [1.165, 1.54) is 6.07 Å². The first-order chi connectivity index (χ1) is 13.9. The Hall–Kier alpha value is -3.95. The standard InChI is InChI=1S/C20H23N3O7/c1-20(2,3)30-19(29)21-10-16(26)22-12-5-4-6-13(9-12)23-18(28)11-7-14(24)17(27)15(25)8-11/h4-9,24-25,27H,10H2,1-3H3,(H,21,29)(H,22,26)(H,23,28). The first kappa shape index (κ1) is 22.3. The molecule has 0 saturated carbocycles. The van der Waals surface area contributed by atoms with Gasteiger partial charge in [-0.25, -0.2) is 4.79 Å². The molecule has 0 spiro atoms. The molecule has 160 valence electrons. The summed E-state index contributed by atoms with van der Waals surface area (Å²) in [5.41, 5.74) is -0.0815. The van der Waals surface area contributed by atoms with Crippen molar-refractivity contribution >= 4 is 29.3 Å². The van der Waals surface area contributed by atoms with Gasteiger partial charge in [0.2, 0.25) is 5.91 Å². The second-order valence-electron chi connectivity index (χ2n) is 7.30. The highest BCUT2D eigenvalue weighted by atomic mass is 16.6. The molecule has 2 aromatic carbocycles. The van der Waals surface area contributed by atoms with Crippen LogP contribution >= 0.6 is 0 Å². The van der Waals surface area contributed by atoms with Crippen molar-refractivity contribution in [1.82, 2.24) is 5.32 Å². The van der Waals surface area contributed by atoms with Crippen molar-refractivity contribution in [2.75, 3.05) is 17.2 Å². The van der Waals surface area contributed by atoms with E-state index in [9.17, 15) is 29.7 Å². The number of amides is 3. The van der Waals surface area contributed by atoms with Crippen LogP contribution in [0.1, 0.15) is 31.1 Å². The zero-order chi connectivity index (χ0) is 22.5.